The smallest absolute Gasteiger partial charge is 0.246 e. The number of anilines is 1. The van der Waals surface area contributed by atoms with Gasteiger partial charge in [0.25, 0.3) is 0 Å². The number of fused-ring (bicyclic) bond motifs is 1. The van der Waals surface area contributed by atoms with Crippen molar-refractivity contribution in [3.8, 4) is 5.75 Å². The number of nitrogens with zero attached hydrogens (tertiary/aromatic N) is 2. The summed E-state index contributed by atoms with van der Waals surface area (Å²) in [4.78, 5) is 29.0. The van der Waals surface area contributed by atoms with Gasteiger partial charge in [-0.05, 0) is 30.7 Å². The van der Waals surface area contributed by atoms with Crippen LogP contribution in [0.15, 0.2) is 47.0 Å². The number of halogens is 1. The van der Waals surface area contributed by atoms with Gasteiger partial charge >= 0.3 is 0 Å². The Morgan fingerprint density at radius 1 is 1.31 bits per heavy atom. The lowest BCUT2D eigenvalue weighted by Crippen LogP contribution is -2.24. The molecule has 3 rings (SSSR count). The second-order valence-corrected chi connectivity index (χ2v) is 6.49. The van der Waals surface area contributed by atoms with E-state index in [9.17, 15) is 14.7 Å². The number of carbonyl (C=O) groups excluding carboxylic acids is 2. The van der Waals surface area contributed by atoms with Crippen molar-refractivity contribution < 1.29 is 19.1 Å². The van der Waals surface area contributed by atoms with E-state index in [1.165, 1.54) is 25.3 Å². The number of para-hydroxylation sites is 1. The molecule has 7 nitrogen and oxygen atoms in total. The van der Waals surface area contributed by atoms with Crippen LogP contribution in [-0.4, -0.2) is 33.9 Å². The maximum absolute atomic E-state index is 12.4. The van der Waals surface area contributed by atoms with Gasteiger partial charge in [-0.1, -0.05) is 18.2 Å². The standard InChI is InChI=1S/C21H21N3O4.ClH/c1-13-16-6-4-5-7-18(16)28-19(13)12-24(3)20(27)9-8-15-10-17(26)21(22-11-15)23-14(2)25;/h4-11,26H,12H2,1-3H3,(H,22,23,25);1H. The zero-order valence-corrected chi connectivity index (χ0v) is 17.1. The lowest BCUT2D eigenvalue weighted by molar-refractivity contribution is -0.125. The van der Waals surface area contributed by atoms with Crippen molar-refractivity contribution in [2.24, 2.45) is 0 Å². The fourth-order valence-corrected chi connectivity index (χ4v) is 2.79. The van der Waals surface area contributed by atoms with Crippen molar-refractivity contribution in [1.29, 1.82) is 0 Å². The molecule has 2 heterocycles. The first-order chi connectivity index (χ1) is 13.3. The highest BCUT2D eigenvalue weighted by atomic mass is 35.5. The molecular formula is C21H22ClN3O4. The highest BCUT2D eigenvalue weighted by Gasteiger charge is 2.14. The average Bonchev–Trinajstić information content (AvgIpc) is 2.97. The molecule has 2 amide bonds. The van der Waals surface area contributed by atoms with Crippen LogP contribution in [-0.2, 0) is 16.1 Å². The van der Waals surface area contributed by atoms with Gasteiger partial charge in [0.05, 0.1) is 6.54 Å². The lowest BCUT2D eigenvalue weighted by atomic mass is 10.1. The number of hydrogen-bond donors (Lipinski definition) is 2. The number of aromatic nitrogens is 1. The van der Waals surface area contributed by atoms with Crippen LogP contribution in [0.25, 0.3) is 17.0 Å². The fourth-order valence-electron chi connectivity index (χ4n) is 2.79. The van der Waals surface area contributed by atoms with Crippen LogP contribution in [0.1, 0.15) is 23.8 Å². The highest BCUT2D eigenvalue weighted by molar-refractivity contribution is 5.92. The SMILES string of the molecule is CC(=O)Nc1ncc(C=CC(=O)N(C)Cc2oc3ccccc3c2C)cc1O.Cl. The summed E-state index contributed by atoms with van der Waals surface area (Å²) in [5.74, 6) is 0.1000. The molecule has 152 valence electrons. The second-order valence-electron chi connectivity index (χ2n) is 6.49. The topological polar surface area (TPSA) is 95.7 Å². The van der Waals surface area contributed by atoms with E-state index < -0.39 is 0 Å². The van der Waals surface area contributed by atoms with Gasteiger partial charge < -0.3 is 19.7 Å². The Bertz CT molecular complexity index is 1070. The molecule has 0 aliphatic rings. The largest absolute Gasteiger partial charge is 0.504 e. The van der Waals surface area contributed by atoms with Crippen LogP contribution < -0.4 is 5.32 Å². The van der Waals surface area contributed by atoms with Gasteiger partial charge in [-0.25, -0.2) is 4.98 Å². The fraction of sp³-hybridized carbons (Fsp3) is 0.190. The minimum Gasteiger partial charge on any atom is -0.504 e. The van der Waals surface area contributed by atoms with Crippen LogP contribution in [0.2, 0.25) is 0 Å². The molecule has 0 aliphatic heterocycles. The molecule has 0 bridgehead atoms. The van der Waals surface area contributed by atoms with Gasteiger partial charge in [0.15, 0.2) is 11.6 Å². The highest BCUT2D eigenvalue weighted by Crippen LogP contribution is 2.26. The molecule has 8 heteroatoms. The number of aromatic hydroxyl groups is 1. The van der Waals surface area contributed by atoms with Crippen molar-refractivity contribution >= 4 is 47.1 Å². The van der Waals surface area contributed by atoms with Crippen LogP contribution in [0, 0.1) is 6.92 Å². The van der Waals surface area contributed by atoms with E-state index in [-0.39, 0.29) is 35.8 Å². The van der Waals surface area contributed by atoms with Crippen molar-refractivity contribution in [3.63, 3.8) is 0 Å². The normalized spacial score (nSPS) is 10.7. The van der Waals surface area contributed by atoms with Gasteiger partial charge in [-0.3, -0.25) is 9.59 Å². The Balaban J connectivity index is 0.00000300. The third kappa shape index (κ3) is 5.14. The number of hydrogen-bond acceptors (Lipinski definition) is 5. The number of likely N-dealkylation sites (N-methyl/N-ethyl adjacent to an activating group) is 1. The first-order valence-corrected chi connectivity index (χ1v) is 8.72. The first kappa shape index (κ1) is 22.0. The number of furan rings is 1. The van der Waals surface area contributed by atoms with Gasteiger partial charge in [-0.2, -0.15) is 0 Å². The maximum Gasteiger partial charge on any atom is 0.246 e. The third-order valence-corrected chi connectivity index (χ3v) is 4.30. The van der Waals surface area contributed by atoms with Crippen molar-refractivity contribution in [1.82, 2.24) is 9.88 Å². The van der Waals surface area contributed by atoms with Gasteiger partial charge in [0.1, 0.15) is 11.3 Å². The summed E-state index contributed by atoms with van der Waals surface area (Å²) in [6, 6.07) is 9.17. The van der Waals surface area contributed by atoms with Gasteiger partial charge in [0, 0.05) is 37.2 Å². The summed E-state index contributed by atoms with van der Waals surface area (Å²) in [5, 5.41) is 13.3. The van der Waals surface area contributed by atoms with Gasteiger partial charge in [-0.15, -0.1) is 12.4 Å². The summed E-state index contributed by atoms with van der Waals surface area (Å²) in [7, 11) is 1.69. The molecule has 0 radical (unpaired) electrons. The van der Waals surface area contributed by atoms with Crippen molar-refractivity contribution in [2.45, 2.75) is 20.4 Å². The van der Waals surface area contributed by atoms with Crippen molar-refractivity contribution in [3.05, 3.63) is 59.5 Å². The minimum absolute atomic E-state index is 0. The Labute approximate surface area is 174 Å². The monoisotopic (exact) mass is 415 g/mol. The van der Waals surface area contributed by atoms with E-state index in [0.717, 1.165) is 22.3 Å². The molecular weight excluding hydrogens is 394 g/mol. The molecule has 29 heavy (non-hydrogen) atoms. The van der Waals surface area contributed by atoms with Crippen LogP contribution >= 0.6 is 12.4 Å². The zero-order chi connectivity index (χ0) is 20.3. The first-order valence-electron chi connectivity index (χ1n) is 8.72. The van der Waals surface area contributed by atoms with Crippen LogP contribution in [0.5, 0.6) is 5.75 Å². The molecule has 0 aliphatic carbocycles. The maximum atomic E-state index is 12.4. The molecule has 2 N–H and O–H groups in total. The Hall–Kier alpha value is -3.32. The summed E-state index contributed by atoms with van der Waals surface area (Å²) >= 11 is 0. The average molecular weight is 416 g/mol. The number of aryl methyl sites for hydroxylation is 1. The van der Waals surface area contributed by atoms with E-state index in [4.69, 9.17) is 4.42 Å². The predicted octanol–water partition coefficient (Wildman–Crippen LogP) is 3.89. The molecule has 0 unspecified atom stereocenters. The Morgan fingerprint density at radius 2 is 2.03 bits per heavy atom. The van der Waals surface area contributed by atoms with Crippen LogP contribution in [0.4, 0.5) is 5.82 Å². The number of rotatable bonds is 5. The number of carbonyl (C=O) groups is 2. The van der Waals surface area contributed by atoms with E-state index in [0.29, 0.717) is 12.1 Å². The molecule has 0 atom stereocenters. The number of amides is 2. The minimum atomic E-state index is -0.330. The van der Waals surface area contributed by atoms with E-state index in [1.54, 1.807) is 18.0 Å². The molecule has 0 fully saturated rings. The summed E-state index contributed by atoms with van der Waals surface area (Å²) in [6.07, 6.45) is 4.40. The second kappa shape index (κ2) is 9.25. The third-order valence-electron chi connectivity index (χ3n) is 4.30. The molecule has 0 saturated heterocycles. The summed E-state index contributed by atoms with van der Waals surface area (Å²) in [5.41, 5.74) is 2.35. The molecule has 0 saturated carbocycles. The van der Waals surface area contributed by atoms with E-state index in [2.05, 4.69) is 10.3 Å². The van der Waals surface area contributed by atoms with E-state index >= 15 is 0 Å². The molecule has 3 aromatic rings. The molecule has 1 aromatic carbocycles. The number of nitrogens with one attached hydrogen (secondary N) is 1. The Kier molecular flexibility index (Phi) is 7.01. The van der Waals surface area contributed by atoms with E-state index in [1.807, 2.05) is 31.2 Å². The zero-order valence-electron chi connectivity index (χ0n) is 16.3. The lowest BCUT2D eigenvalue weighted by Gasteiger charge is -2.13. The quantitative estimate of drug-likeness (QED) is 0.616. The molecule has 2 aromatic heterocycles. The predicted molar refractivity (Wildman–Crippen MR) is 114 cm³/mol. The van der Waals surface area contributed by atoms with Crippen LogP contribution in [0.3, 0.4) is 0 Å². The number of benzene rings is 1. The van der Waals surface area contributed by atoms with Crippen molar-refractivity contribution in [2.75, 3.05) is 12.4 Å². The number of pyridine rings is 1. The molecule has 0 spiro atoms. The summed E-state index contributed by atoms with van der Waals surface area (Å²) in [6.45, 7) is 3.64. The van der Waals surface area contributed by atoms with Gasteiger partial charge in [0.2, 0.25) is 11.8 Å². The summed E-state index contributed by atoms with van der Waals surface area (Å²) < 4.78 is 5.85. The Morgan fingerprint density at radius 3 is 2.69 bits per heavy atom.